The van der Waals surface area contributed by atoms with Crippen LogP contribution in [0.25, 0.3) is 21.9 Å². The molecule has 0 aliphatic carbocycles. The molecular formula is C18H22I2OSi2. The summed E-state index contributed by atoms with van der Waals surface area (Å²) in [6.07, 6.45) is 0. The highest BCUT2D eigenvalue weighted by Gasteiger charge is 2.23. The van der Waals surface area contributed by atoms with Crippen molar-refractivity contribution in [3.8, 4) is 0 Å². The minimum atomic E-state index is -1.35. The zero-order chi connectivity index (χ0) is 17.2. The molecule has 1 heterocycles. The van der Waals surface area contributed by atoms with Crippen molar-refractivity contribution >= 4 is 93.6 Å². The van der Waals surface area contributed by atoms with E-state index in [0.29, 0.717) is 0 Å². The maximum Gasteiger partial charge on any atom is 0.148 e. The zero-order valence-corrected chi connectivity index (χ0v) is 20.8. The molecule has 0 N–H and O–H groups in total. The average molecular weight is 564 g/mol. The highest BCUT2D eigenvalue weighted by molar-refractivity contribution is 14.1. The van der Waals surface area contributed by atoms with Gasteiger partial charge in [-0.15, -0.1) is 0 Å². The number of fused-ring (bicyclic) bond motifs is 3. The first-order valence-corrected chi connectivity index (χ1v) is 17.0. The topological polar surface area (TPSA) is 13.1 Å². The summed E-state index contributed by atoms with van der Waals surface area (Å²) < 4.78 is 8.74. The van der Waals surface area contributed by atoms with Crippen LogP contribution in [-0.4, -0.2) is 16.1 Å². The average Bonchev–Trinajstić information content (AvgIpc) is 2.77. The van der Waals surface area contributed by atoms with Crippen LogP contribution in [0, 0.1) is 7.14 Å². The van der Waals surface area contributed by atoms with Crippen molar-refractivity contribution in [2.24, 2.45) is 0 Å². The molecule has 0 aliphatic heterocycles. The molecule has 0 bridgehead atoms. The van der Waals surface area contributed by atoms with Crippen molar-refractivity contribution in [3.05, 3.63) is 31.4 Å². The van der Waals surface area contributed by atoms with E-state index in [1.807, 2.05) is 0 Å². The first kappa shape index (κ1) is 17.9. The second-order valence-corrected chi connectivity index (χ2v) is 20.8. The van der Waals surface area contributed by atoms with Gasteiger partial charge in [-0.3, -0.25) is 0 Å². The van der Waals surface area contributed by atoms with Gasteiger partial charge in [0.15, 0.2) is 0 Å². The third-order valence-corrected chi connectivity index (χ3v) is 9.96. The Balaban J connectivity index is 2.44. The summed E-state index contributed by atoms with van der Waals surface area (Å²) in [5.41, 5.74) is 2.10. The molecule has 0 saturated carbocycles. The number of benzene rings is 2. The van der Waals surface area contributed by atoms with E-state index in [-0.39, 0.29) is 0 Å². The van der Waals surface area contributed by atoms with E-state index in [2.05, 4.69) is 109 Å². The highest BCUT2D eigenvalue weighted by atomic mass is 127. The van der Waals surface area contributed by atoms with Crippen LogP contribution in [0.3, 0.4) is 0 Å². The minimum absolute atomic E-state index is 1.05. The third kappa shape index (κ3) is 3.30. The monoisotopic (exact) mass is 564 g/mol. The van der Waals surface area contributed by atoms with E-state index >= 15 is 0 Å². The Morgan fingerprint density at radius 3 is 1.30 bits per heavy atom. The Morgan fingerprint density at radius 2 is 1.00 bits per heavy atom. The molecule has 0 saturated heterocycles. The SMILES string of the molecule is C[Si](C)(C)c1cc(I)c2oc3c(I)cc([Si](C)(C)C)cc3c2c1. The van der Waals surface area contributed by atoms with Crippen molar-refractivity contribution < 1.29 is 4.42 Å². The first-order chi connectivity index (χ1) is 10.5. The van der Waals surface area contributed by atoms with Crippen LogP contribution < -0.4 is 10.4 Å². The van der Waals surface area contributed by atoms with E-state index in [1.165, 1.54) is 28.3 Å². The molecule has 0 fully saturated rings. The first-order valence-electron chi connectivity index (χ1n) is 7.85. The Hall–Kier alpha value is 0.134. The minimum Gasteiger partial charge on any atom is -0.454 e. The van der Waals surface area contributed by atoms with Gasteiger partial charge in [0.2, 0.25) is 0 Å². The molecule has 3 aromatic rings. The lowest BCUT2D eigenvalue weighted by Crippen LogP contribution is -2.38. The van der Waals surface area contributed by atoms with Gasteiger partial charge in [0, 0.05) is 10.8 Å². The van der Waals surface area contributed by atoms with Crippen molar-refractivity contribution in [3.63, 3.8) is 0 Å². The molecule has 23 heavy (non-hydrogen) atoms. The van der Waals surface area contributed by atoms with Crippen molar-refractivity contribution in [2.75, 3.05) is 0 Å². The molecule has 122 valence electrons. The van der Waals surface area contributed by atoms with Crippen LogP contribution >= 0.6 is 45.2 Å². The van der Waals surface area contributed by atoms with Gasteiger partial charge in [-0.1, -0.05) is 61.8 Å². The summed E-state index contributed by atoms with van der Waals surface area (Å²) in [7, 11) is -2.69. The summed E-state index contributed by atoms with van der Waals surface area (Å²) in [4.78, 5) is 0. The Bertz CT molecular complexity index is 841. The summed E-state index contributed by atoms with van der Waals surface area (Å²) >= 11 is 4.86. The predicted molar refractivity (Wildman–Crippen MR) is 125 cm³/mol. The second-order valence-electron chi connectivity index (χ2n) is 8.27. The molecule has 0 radical (unpaired) electrons. The van der Waals surface area contributed by atoms with Gasteiger partial charge in [-0.05, 0) is 57.3 Å². The van der Waals surface area contributed by atoms with Crippen LogP contribution in [-0.2, 0) is 0 Å². The maximum atomic E-state index is 6.27. The zero-order valence-electron chi connectivity index (χ0n) is 14.5. The standard InChI is InChI=1S/C18H22I2OSi2/c1-22(2,3)11-7-13-14-8-12(23(4,5)6)10-16(20)18(14)21-17(13)15(19)9-11/h7-10H,1-6H3. The summed E-state index contributed by atoms with van der Waals surface area (Å²) in [6.45, 7) is 14.4. The molecule has 0 aliphatic rings. The van der Waals surface area contributed by atoms with Crippen molar-refractivity contribution in [2.45, 2.75) is 39.3 Å². The van der Waals surface area contributed by atoms with Gasteiger partial charge in [-0.25, -0.2) is 0 Å². The van der Waals surface area contributed by atoms with Crippen LogP contribution in [0.5, 0.6) is 0 Å². The lowest BCUT2D eigenvalue weighted by molar-refractivity contribution is 0.664. The molecular weight excluding hydrogens is 542 g/mol. The maximum absolute atomic E-state index is 6.27. The van der Waals surface area contributed by atoms with Gasteiger partial charge in [-0.2, -0.15) is 0 Å². The van der Waals surface area contributed by atoms with Crippen LogP contribution in [0.2, 0.25) is 39.3 Å². The Kier molecular flexibility index (Phi) is 4.56. The molecule has 2 aromatic carbocycles. The number of halogens is 2. The second kappa shape index (κ2) is 5.84. The van der Waals surface area contributed by atoms with Crippen LogP contribution in [0.4, 0.5) is 0 Å². The highest BCUT2D eigenvalue weighted by Crippen LogP contribution is 2.34. The van der Waals surface area contributed by atoms with E-state index < -0.39 is 16.1 Å². The lowest BCUT2D eigenvalue weighted by atomic mass is 10.1. The summed E-state index contributed by atoms with van der Waals surface area (Å²) in [5, 5.41) is 5.60. The number of furan rings is 1. The van der Waals surface area contributed by atoms with Gasteiger partial charge in [0.05, 0.1) is 23.3 Å². The van der Waals surface area contributed by atoms with Gasteiger partial charge < -0.3 is 4.42 Å². The third-order valence-electron chi connectivity index (χ3n) is 4.31. The van der Waals surface area contributed by atoms with Crippen molar-refractivity contribution in [1.82, 2.24) is 0 Å². The summed E-state index contributed by atoms with van der Waals surface area (Å²) in [5.74, 6) is 0. The van der Waals surface area contributed by atoms with Gasteiger partial charge in [0.1, 0.15) is 11.2 Å². The number of rotatable bonds is 2. The van der Waals surface area contributed by atoms with Crippen LogP contribution in [0.15, 0.2) is 28.7 Å². The molecule has 1 nitrogen and oxygen atoms in total. The normalized spacial score (nSPS) is 13.2. The molecule has 1 aromatic heterocycles. The van der Waals surface area contributed by atoms with E-state index in [0.717, 1.165) is 11.2 Å². The molecule has 0 unspecified atom stereocenters. The molecule has 0 atom stereocenters. The fourth-order valence-corrected chi connectivity index (χ4v) is 7.13. The van der Waals surface area contributed by atoms with Gasteiger partial charge >= 0.3 is 0 Å². The Labute approximate surface area is 167 Å². The van der Waals surface area contributed by atoms with Gasteiger partial charge in [0.25, 0.3) is 0 Å². The number of hydrogen-bond donors (Lipinski definition) is 0. The lowest BCUT2D eigenvalue weighted by Gasteiger charge is -2.18. The van der Waals surface area contributed by atoms with Crippen molar-refractivity contribution in [1.29, 1.82) is 0 Å². The van der Waals surface area contributed by atoms with E-state index in [4.69, 9.17) is 4.42 Å². The fourth-order valence-electron chi connectivity index (χ4n) is 2.76. The molecule has 5 heteroatoms. The van der Waals surface area contributed by atoms with E-state index in [1.54, 1.807) is 0 Å². The predicted octanol–water partition coefficient (Wildman–Crippen LogP) is 5.89. The molecule has 0 amide bonds. The smallest absolute Gasteiger partial charge is 0.148 e. The summed E-state index contributed by atoms with van der Waals surface area (Å²) in [6, 6.07) is 9.42. The fraction of sp³-hybridized carbons (Fsp3) is 0.333. The molecule has 3 rings (SSSR count). The number of hydrogen-bond acceptors (Lipinski definition) is 1. The molecule has 0 spiro atoms. The quantitative estimate of drug-likeness (QED) is 0.280. The largest absolute Gasteiger partial charge is 0.454 e. The van der Waals surface area contributed by atoms with Crippen LogP contribution in [0.1, 0.15) is 0 Å². The van der Waals surface area contributed by atoms with E-state index in [9.17, 15) is 0 Å². The Morgan fingerprint density at radius 1 is 0.652 bits per heavy atom.